The standard InChI is InChI=1S/C21H25ClN2O5/c1-24(2)16-8-7-12(10-15(16)23)18(25)14(22)9-13-11-17(26-3)20(28-5)21(29-6)19(13)27-4/h7-11H,23H2,1-6H3. The third kappa shape index (κ3) is 4.51. The number of Topliss-reactive ketones (excluding diaryl/α,β-unsaturated/α-hetero) is 1. The molecule has 29 heavy (non-hydrogen) atoms. The van der Waals surface area contributed by atoms with Gasteiger partial charge in [-0.05, 0) is 30.3 Å². The highest BCUT2D eigenvalue weighted by Gasteiger charge is 2.22. The second-order valence-electron chi connectivity index (χ2n) is 6.26. The monoisotopic (exact) mass is 420 g/mol. The van der Waals surface area contributed by atoms with Crippen LogP contribution in [0.2, 0.25) is 0 Å². The highest BCUT2D eigenvalue weighted by molar-refractivity contribution is 6.47. The molecule has 2 rings (SSSR count). The van der Waals surface area contributed by atoms with Crippen LogP contribution in [-0.2, 0) is 0 Å². The average Bonchev–Trinajstić information content (AvgIpc) is 2.71. The van der Waals surface area contributed by atoms with Crippen molar-refractivity contribution in [1.29, 1.82) is 0 Å². The van der Waals surface area contributed by atoms with Crippen molar-refractivity contribution in [2.75, 3.05) is 53.2 Å². The molecule has 0 unspecified atom stereocenters. The first kappa shape index (κ1) is 22.2. The van der Waals surface area contributed by atoms with E-state index in [0.717, 1.165) is 5.69 Å². The summed E-state index contributed by atoms with van der Waals surface area (Å²) < 4.78 is 21.6. The number of hydrogen-bond donors (Lipinski definition) is 1. The van der Waals surface area contributed by atoms with Crippen LogP contribution in [0.5, 0.6) is 23.0 Å². The largest absolute Gasteiger partial charge is 0.493 e. The van der Waals surface area contributed by atoms with E-state index in [4.69, 9.17) is 36.3 Å². The number of carbonyl (C=O) groups is 1. The molecule has 2 aromatic carbocycles. The van der Waals surface area contributed by atoms with Crippen molar-refractivity contribution in [1.82, 2.24) is 0 Å². The van der Waals surface area contributed by atoms with Gasteiger partial charge in [-0.15, -0.1) is 0 Å². The zero-order valence-corrected chi connectivity index (χ0v) is 18.1. The van der Waals surface area contributed by atoms with Gasteiger partial charge in [0.05, 0.1) is 44.8 Å². The van der Waals surface area contributed by atoms with Crippen molar-refractivity contribution in [3.05, 3.63) is 40.4 Å². The van der Waals surface area contributed by atoms with E-state index >= 15 is 0 Å². The molecule has 0 amide bonds. The second kappa shape index (κ2) is 9.43. The molecule has 0 aromatic heterocycles. The molecule has 2 aromatic rings. The zero-order chi connectivity index (χ0) is 21.7. The molecule has 0 aliphatic rings. The van der Waals surface area contributed by atoms with E-state index in [1.807, 2.05) is 19.0 Å². The van der Waals surface area contributed by atoms with Crippen molar-refractivity contribution >= 4 is 34.8 Å². The maximum Gasteiger partial charge on any atom is 0.207 e. The van der Waals surface area contributed by atoms with E-state index in [0.29, 0.717) is 39.8 Å². The van der Waals surface area contributed by atoms with Crippen LogP contribution in [0, 0.1) is 0 Å². The summed E-state index contributed by atoms with van der Waals surface area (Å²) in [7, 11) is 9.70. The Morgan fingerprint density at radius 1 is 0.966 bits per heavy atom. The number of nitrogen functional groups attached to an aromatic ring is 1. The van der Waals surface area contributed by atoms with E-state index in [9.17, 15) is 4.79 Å². The summed E-state index contributed by atoms with van der Waals surface area (Å²) in [6.45, 7) is 0. The Kier molecular flexibility index (Phi) is 7.23. The molecule has 0 aliphatic heterocycles. The van der Waals surface area contributed by atoms with Crippen LogP contribution in [0.25, 0.3) is 6.08 Å². The fourth-order valence-corrected chi connectivity index (χ4v) is 3.14. The van der Waals surface area contributed by atoms with Crippen molar-refractivity contribution in [2.45, 2.75) is 0 Å². The summed E-state index contributed by atoms with van der Waals surface area (Å²) in [4.78, 5) is 14.7. The number of hydrogen-bond acceptors (Lipinski definition) is 7. The first-order valence-corrected chi connectivity index (χ1v) is 9.02. The summed E-state index contributed by atoms with van der Waals surface area (Å²) in [5, 5.41) is -0.0189. The molecule has 0 saturated heterocycles. The number of ether oxygens (including phenoxy) is 4. The molecule has 7 nitrogen and oxygen atoms in total. The number of methoxy groups -OCH3 is 4. The van der Waals surface area contributed by atoms with Gasteiger partial charge in [-0.3, -0.25) is 4.79 Å². The number of nitrogens with zero attached hydrogens (tertiary/aromatic N) is 1. The number of ketones is 1. The van der Waals surface area contributed by atoms with Gasteiger partial charge in [-0.25, -0.2) is 0 Å². The van der Waals surface area contributed by atoms with Crippen molar-refractivity contribution < 1.29 is 23.7 Å². The van der Waals surface area contributed by atoms with Crippen LogP contribution in [0.4, 0.5) is 11.4 Å². The summed E-state index contributed by atoms with van der Waals surface area (Å²) in [6.07, 6.45) is 1.49. The van der Waals surface area contributed by atoms with Crippen molar-refractivity contribution in [3.8, 4) is 23.0 Å². The summed E-state index contributed by atoms with van der Waals surface area (Å²) in [5.41, 5.74) is 8.21. The number of halogens is 1. The maximum atomic E-state index is 12.8. The summed E-state index contributed by atoms with van der Waals surface area (Å²) in [5.74, 6) is 1.10. The van der Waals surface area contributed by atoms with Crippen LogP contribution >= 0.6 is 11.6 Å². The van der Waals surface area contributed by atoms with Crippen molar-refractivity contribution in [2.24, 2.45) is 0 Å². The fraction of sp³-hybridized carbons (Fsp3) is 0.286. The number of carbonyl (C=O) groups excluding carboxylic acids is 1. The molecular weight excluding hydrogens is 396 g/mol. The Labute approximate surface area is 175 Å². The lowest BCUT2D eigenvalue weighted by Crippen LogP contribution is -2.12. The first-order chi connectivity index (χ1) is 13.8. The highest BCUT2D eigenvalue weighted by atomic mass is 35.5. The minimum Gasteiger partial charge on any atom is -0.493 e. The van der Waals surface area contributed by atoms with Crippen LogP contribution < -0.4 is 29.6 Å². The quantitative estimate of drug-likeness (QED) is 0.394. The van der Waals surface area contributed by atoms with Crippen LogP contribution in [-0.4, -0.2) is 48.3 Å². The fourth-order valence-electron chi connectivity index (χ4n) is 2.91. The lowest BCUT2D eigenvalue weighted by atomic mass is 10.1. The number of anilines is 2. The van der Waals surface area contributed by atoms with E-state index in [1.165, 1.54) is 34.5 Å². The Balaban J connectivity index is 2.53. The predicted octanol–water partition coefficient (Wildman–Crippen LogP) is 3.83. The number of benzene rings is 2. The van der Waals surface area contributed by atoms with Gasteiger partial charge < -0.3 is 29.6 Å². The molecule has 2 N–H and O–H groups in total. The SMILES string of the molecule is COc1cc(C=C(Cl)C(=O)c2ccc(N(C)C)c(N)c2)c(OC)c(OC)c1OC. The Bertz CT molecular complexity index is 941. The topological polar surface area (TPSA) is 83.3 Å². The minimum absolute atomic E-state index is 0.0189. The van der Waals surface area contributed by atoms with Crippen LogP contribution in [0.3, 0.4) is 0 Å². The van der Waals surface area contributed by atoms with Gasteiger partial charge in [0.25, 0.3) is 0 Å². The Morgan fingerprint density at radius 3 is 2.07 bits per heavy atom. The Morgan fingerprint density at radius 2 is 1.59 bits per heavy atom. The van der Waals surface area contributed by atoms with Gasteiger partial charge in [-0.2, -0.15) is 0 Å². The molecule has 0 saturated carbocycles. The second-order valence-corrected chi connectivity index (χ2v) is 6.66. The van der Waals surface area contributed by atoms with E-state index in [1.54, 1.807) is 24.3 Å². The van der Waals surface area contributed by atoms with Crippen LogP contribution in [0.1, 0.15) is 15.9 Å². The van der Waals surface area contributed by atoms with Gasteiger partial charge in [0.15, 0.2) is 11.5 Å². The molecule has 0 heterocycles. The molecule has 0 bridgehead atoms. The smallest absolute Gasteiger partial charge is 0.207 e. The predicted molar refractivity (Wildman–Crippen MR) is 116 cm³/mol. The molecule has 8 heteroatoms. The van der Waals surface area contributed by atoms with E-state index in [-0.39, 0.29) is 10.8 Å². The van der Waals surface area contributed by atoms with E-state index < -0.39 is 0 Å². The normalized spacial score (nSPS) is 11.1. The van der Waals surface area contributed by atoms with Crippen molar-refractivity contribution in [3.63, 3.8) is 0 Å². The summed E-state index contributed by atoms with van der Waals surface area (Å²) in [6, 6.07) is 6.70. The number of rotatable bonds is 8. The Hall–Kier alpha value is -3.06. The maximum absolute atomic E-state index is 12.8. The molecule has 0 fully saturated rings. The lowest BCUT2D eigenvalue weighted by molar-refractivity contribution is 0.104. The molecule has 0 atom stereocenters. The van der Waals surface area contributed by atoms with E-state index in [2.05, 4.69) is 0 Å². The molecule has 156 valence electrons. The summed E-state index contributed by atoms with van der Waals surface area (Å²) >= 11 is 6.34. The minimum atomic E-state index is -0.375. The van der Waals surface area contributed by atoms with Gasteiger partial charge in [0.2, 0.25) is 17.3 Å². The van der Waals surface area contributed by atoms with Gasteiger partial charge >= 0.3 is 0 Å². The van der Waals surface area contributed by atoms with Crippen LogP contribution in [0.15, 0.2) is 29.3 Å². The van der Waals surface area contributed by atoms with Gasteiger partial charge in [-0.1, -0.05) is 11.6 Å². The van der Waals surface area contributed by atoms with Gasteiger partial charge in [0.1, 0.15) is 0 Å². The van der Waals surface area contributed by atoms with Gasteiger partial charge in [0, 0.05) is 25.2 Å². The first-order valence-electron chi connectivity index (χ1n) is 8.64. The average molecular weight is 421 g/mol. The lowest BCUT2D eigenvalue weighted by Gasteiger charge is -2.17. The molecule has 0 spiro atoms. The highest BCUT2D eigenvalue weighted by Crippen LogP contribution is 2.47. The third-order valence-corrected chi connectivity index (χ3v) is 4.57. The zero-order valence-electron chi connectivity index (χ0n) is 17.3. The number of nitrogens with two attached hydrogens (primary N) is 1. The molecule has 0 aliphatic carbocycles. The molecule has 0 radical (unpaired) electrons. The molecular formula is C21H25ClN2O5. The number of allylic oxidation sites excluding steroid dienone is 1. The third-order valence-electron chi connectivity index (χ3n) is 4.29.